The zero-order valence-corrected chi connectivity index (χ0v) is 9.16. The van der Waals surface area contributed by atoms with Crippen molar-refractivity contribution in [3.05, 3.63) is 12.2 Å². The summed E-state index contributed by atoms with van der Waals surface area (Å²) in [4.78, 5) is 0. The zero-order valence-electron chi connectivity index (χ0n) is 9.16. The molecular formula is C13H20O. The Hall–Kier alpha value is -0.300. The standard InChI is InChI=1S/C13H20O/c1-12(2)10-5-6-11-9(8-10)4-3-7-13(11,12)14/h5-6,9-11,14H,3-4,7-8H2,1-2H3. The van der Waals surface area contributed by atoms with Crippen molar-refractivity contribution in [1.29, 1.82) is 0 Å². The summed E-state index contributed by atoms with van der Waals surface area (Å²) >= 11 is 0. The summed E-state index contributed by atoms with van der Waals surface area (Å²) < 4.78 is 0. The monoisotopic (exact) mass is 192 g/mol. The average molecular weight is 192 g/mol. The topological polar surface area (TPSA) is 20.2 Å². The van der Waals surface area contributed by atoms with Crippen molar-refractivity contribution in [2.45, 2.75) is 45.1 Å². The van der Waals surface area contributed by atoms with Crippen LogP contribution in [0.25, 0.3) is 0 Å². The molecule has 0 spiro atoms. The molecule has 0 aromatic rings. The highest BCUT2D eigenvalue weighted by Crippen LogP contribution is 2.61. The van der Waals surface area contributed by atoms with E-state index in [2.05, 4.69) is 26.0 Å². The van der Waals surface area contributed by atoms with Crippen molar-refractivity contribution < 1.29 is 5.11 Å². The summed E-state index contributed by atoms with van der Waals surface area (Å²) in [5.74, 6) is 1.84. The van der Waals surface area contributed by atoms with Gasteiger partial charge in [-0.15, -0.1) is 0 Å². The molecule has 78 valence electrons. The summed E-state index contributed by atoms with van der Waals surface area (Å²) in [5.41, 5.74) is -0.295. The van der Waals surface area contributed by atoms with Crippen molar-refractivity contribution in [2.24, 2.45) is 23.2 Å². The molecule has 0 saturated heterocycles. The van der Waals surface area contributed by atoms with Gasteiger partial charge in [-0.05, 0) is 31.1 Å². The number of hydrogen-bond acceptors (Lipinski definition) is 1. The Bertz CT molecular complexity index is 292. The minimum absolute atomic E-state index is 0.101. The van der Waals surface area contributed by atoms with Crippen molar-refractivity contribution in [2.75, 3.05) is 0 Å². The van der Waals surface area contributed by atoms with E-state index >= 15 is 0 Å². The molecule has 0 amide bonds. The highest BCUT2D eigenvalue weighted by molar-refractivity contribution is 5.23. The SMILES string of the molecule is CC1(C)C2C=CC3C(CCCC31O)C2. The summed E-state index contributed by atoms with van der Waals surface area (Å²) in [7, 11) is 0. The number of rotatable bonds is 0. The predicted octanol–water partition coefficient (Wildman–Crippen LogP) is 2.75. The summed E-state index contributed by atoms with van der Waals surface area (Å²) in [6.45, 7) is 4.52. The van der Waals surface area contributed by atoms with Gasteiger partial charge in [0.2, 0.25) is 0 Å². The van der Waals surface area contributed by atoms with Crippen LogP contribution in [0.3, 0.4) is 0 Å². The molecule has 4 unspecified atom stereocenters. The lowest BCUT2D eigenvalue weighted by Crippen LogP contribution is -2.63. The van der Waals surface area contributed by atoms with Crippen LogP contribution in [-0.2, 0) is 0 Å². The van der Waals surface area contributed by atoms with Crippen LogP contribution in [0.15, 0.2) is 12.2 Å². The van der Waals surface area contributed by atoms with Gasteiger partial charge in [-0.2, -0.15) is 0 Å². The van der Waals surface area contributed by atoms with E-state index in [1.807, 2.05) is 0 Å². The highest BCUT2D eigenvalue weighted by atomic mass is 16.3. The molecule has 0 aromatic carbocycles. The Morgan fingerprint density at radius 2 is 2.07 bits per heavy atom. The van der Waals surface area contributed by atoms with Gasteiger partial charge in [0.1, 0.15) is 0 Å². The number of allylic oxidation sites excluding steroid dienone is 1. The van der Waals surface area contributed by atoms with Gasteiger partial charge < -0.3 is 5.11 Å². The minimum Gasteiger partial charge on any atom is -0.389 e. The second-order valence-electron chi connectivity index (χ2n) is 6.05. The molecule has 1 heteroatoms. The third kappa shape index (κ3) is 0.809. The molecule has 0 aliphatic heterocycles. The van der Waals surface area contributed by atoms with Crippen LogP contribution in [-0.4, -0.2) is 10.7 Å². The van der Waals surface area contributed by atoms with E-state index in [4.69, 9.17) is 0 Å². The third-order valence-corrected chi connectivity index (χ3v) is 5.34. The molecule has 2 saturated carbocycles. The molecule has 1 nitrogen and oxygen atoms in total. The summed E-state index contributed by atoms with van der Waals surface area (Å²) in [6, 6.07) is 0. The first-order chi connectivity index (χ1) is 6.56. The molecular weight excluding hydrogens is 172 g/mol. The van der Waals surface area contributed by atoms with Crippen LogP contribution in [0.2, 0.25) is 0 Å². The fourth-order valence-electron chi connectivity index (χ4n) is 4.22. The van der Waals surface area contributed by atoms with E-state index in [1.54, 1.807) is 0 Å². The lowest BCUT2D eigenvalue weighted by molar-refractivity contribution is -0.191. The molecule has 4 atom stereocenters. The quantitative estimate of drug-likeness (QED) is 0.585. The molecule has 0 heterocycles. The van der Waals surface area contributed by atoms with E-state index in [1.165, 1.54) is 19.3 Å². The molecule has 0 radical (unpaired) electrons. The fourth-order valence-corrected chi connectivity index (χ4v) is 4.22. The van der Waals surface area contributed by atoms with Gasteiger partial charge in [0.15, 0.2) is 0 Å². The predicted molar refractivity (Wildman–Crippen MR) is 56.8 cm³/mol. The van der Waals surface area contributed by atoms with E-state index in [0.717, 1.165) is 12.3 Å². The van der Waals surface area contributed by atoms with Gasteiger partial charge in [-0.25, -0.2) is 0 Å². The first-order valence-corrected chi connectivity index (χ1v) is 5.96. The minimum atomic E-state index is -0.395. The average Bonchev–Trinajstić information content (AvgIpc) is 2.15. The molecule has 1 N–H and O–H groups in total. The van der Waals surface area contributed by atoms with E-state index in [-0.39, 0.29) is 5.41 Å². The molecule has 4 rings (SSSR count). The van der Waals surface area contributed by atoms with Crippen LogP contribution in [0.4, 0.5) is 0 Å². The van der Waals surface area contributed by atoms with Crippen LogP contribution in [0.1, 0.15) is 39.5 Å². The van der Waals surface area contributed by atoms with Crippen molar-refractivity contribution >= 4 is 0 Å². The molecule has 14 heavy (non-hydrogen) atoms. The third-order valence-electron chi connectivity index (χ3n) is 5.34. The Kier molecular flexibility index (Phi) is 1.56. The summed E-state index contributed by atoms with van der Waals surface area (Å²) in [6.07, 6.45) is 9.56. The van der Waals surface area contributed by atoms with E-state index < -0.39 is 5.60 Å². The van der Waals surface area contributed by atoms with Gasteiger partial charge in [-0.1, -0.05) is 32.4 Å². The maximum absolute atomic E-state index is 10.9. The van der Waals surface area contributed by atoms with E-state index in [9.17, 15) is 5.11 Å². The van der Waals surface area contributed by atoms with Crippen molar-refractivity contribution in [3.63, 3.8) is 0 Å². The lowest BCUT2D eigenvalue weighted by Gasteiger charge is -2.62. The Morgan fingerprint density at radius 1 is 1.29 bits per heavy atom. The lowest BCUT2D eigenvalue weighted by atomic mass is 9.45. The Balaban J connectivity index is 2.12. The normalized spacial score (nSPS) is 53.5. The Morgan fingerprint density at radius 3 is 2.79 bits per heavy atom. The molecule has 4 aliphatic carbocycles. The second kappa shape index (κ2) is 2.44. The van der Waals surface area contributed by atoms with Gasteiger partial charge in [0, 0.05) is 11.3 Å². The van der Waals surface area contributed by atoms with Crippen LogP contribution >= 0.6 is 0 Å². The maximum atomic E-state index is 10.9. The van der Waals surface area contributed by atoms with Crippen molar-refractivity contribution in [3.8, 4) is 0 Å². The first-order valence-electron chi connectivity index (χ1n) is 5.96. The molecule has 4 bridgehead atoms. The number of aliphatic hydroxyl groups is 1. The van der Waals surface area contributed by atoms with Crippen LogP contribution < -0.4 is 0 Å². The van der Waals surface area contributed by atoms with Gasteiger partial charge in [0.05, 0.1) is 5.60 Å². The highest BCUT2D eigenvalue weighted by Gasteiger charge is 2.60. The maximum Gasteiger partial charge on any atom is 0.0768 e. The molecule has 0 aromatic heterocycles. The smallest absolute Gasteiger partial charge is 0.0768 e. The largest absolute Gasteiger partial charge is 0.389 e. The van der Waals surface area contributed by atoms with Crippen LogP contribution in [0, 0.1) is 23.2 Å². The Labute approximate surface area is 86.2 Å². The van der Waals surface area contributed by atoms with Gasteiger partial charge >= 0.3 is 0 Å². The van der Waals surface area contributed by atoms with Gasteiger partial charge in [0.25, 0.3) is 0 Å². The second-order valence-corrected chi connectivity index (χ2v) is 6.05. The van der Waals surface area contributed by atoms with E-state index in [0.29, 0.717) is 11.8 Å². The van der Waals surface area contributed by atoms with Gasteiger partial charge in [-0.3, -0.25) is 0 Å². The first kappa shape index (κ1) is 8.96. The molecule has 2 fully saturated rings. The summed E-state index contributed by atoms with van der Waals surface area (Å²) in [5, 5.41) is 10.9. The fraction of sp³-hybridized carbons (Fsp3) is 0.846. The number of hydrogen-bond donors (Lipinski definition) is 1. The zero-order chi connectivity index (χ0) is 9.97. The molecule has 4 aliphatic rings. The van der Waals surface area contributed by atoms with Crippen LogP contribution in [0.5, 0.6) is 0 Å². The van der Waals surface area contributed by atoms with Crippen molar-refractivity contribution in [1.82, 2.24) is 0 Å².